The summed E-state index contributed by atoms with van der Waals surface area (Å²) in [7, 11) is 1.75. The minimum absolute atomic E-state index is 0.0594. The number of esters is 1. The zero-order chi connectivity index (χ0) is 24.7. The maximum absolute atomic E-state index is 12.4. The first-order chi connectivity index (χ1) is 16.2. The lowest BCUT2D eigenvalue weighted by molar-refractivity contribution is -0.116. The van der Waals surface area contributed by atoms with E-state index in [0.717, 1.165) is 11.3 Å². The highest BCUT2D eigenvalue weighted by molar-refractivity contribution is 7.99. The second-order valence-electron chi connectivity index (χ2n) is 7.87. The van der Waals surface area contributed by atoms with E-state index >= 15 is 0 Å². The summed E-state index contributed by atoms with van der Waals surface area (Å²) in [6.45, 7) is 5.47. The van der Waals surface area contributed by atoms with Crippen molar-refractivity contribution in [3.05, 3.63) is 65.5 Å². The van der Waals surface area contributed by atoms with E-state index in [-0.39, 0.29) is 30.1 Å². The number of anilines is 2. The van der Waals surface area contributed by atoms with E-state index in [0.29, 0.717) is 22.2 Å². The highest BCUT2D eigenvalue weighted by Gasteiger charge is 2.16. The van der Waals surface area contributed by atoms with Gasteiger partial charge in [0.05, 0.1) is 23.8 Å². The number of ether oxygens (including phenoxy) is 1. The van der Waals surface area contributed by atoms with Gasteiger partial charge in [-0.1, -0.05) is 36.0 Å². The number of carbonyl (C=O) groups excluding carboxylic acids is 3. The molecule has 3 aromatic rings. The Bertz CT molecular complexity index is 1190. The van der Waals surface area contributed by atoms with Crippen molar-refractivity contribution in [2.24, 2.45) is 7.05 Å². The highest BCUT2D eigenvalue weighted by Crippen LogP contribution is 2.18. The number of hydrogen-bond donors (Lipinski definition) is 2. The molecule has 1 aromatic heterocycles. The summed E-state index contributed by atoms with van der Waals surface area (Å²) in [4.78, 5) is 36.9. The van der Waals surface area contributed by atoms with Gasteiger partial charge >= 0.3 is 5.97 Å². The van der Waals surface area contributed by atoms with Crippen molar-refractivity contribution in [2.45, 2.75) is 38.5 Å². The zero-order valence-corrected chi connectivity index (χ0v) is 20.3. The third-order valence-corrected chi connectivity index (χ3v) is 5.74. The number of hydrogen-bond acceptors (Lipinski definition) is 7. The fourth-order valence-electron chi connectivity index (χ4n) is 3.01. The molecule has 0 fully saturated rings. The summed E-state index contributed by atoms with van der Waals surface area (Å²) in [6.07, 6.45) is -0.170. The fourth-order valence-corrected chi connectivity index (χ4v) is 3.74. The second kappa shape index (κ2) is 11.5. The molecule has 9 nitrogen and oxygen atoms in total. The van der Waals surface area contributed by atoms with Crippen molar-refractivity contribution in [3.63, 3.8) is 0 Å². The van der Waals surface area contributed by atoms with Crippen LogP contribution in [0.2, 0.25) is 0 Å². The molecule has 0 radical (unpaired) electrons. The molecule has 2 aromatic carbocycles. The van der Waals surface area contributed by atoms with E-state index in [1.54, 1.807) is 49.7 Å². The van der Waals surface area contributed by atoms with Crippen molar-refractivity contribution < 1.29 is 19.1 Å². The normalized spacial score (nSPS) is 10.7. The van der Waals surface area contributed by atoms with Crippen LogP contribution < -0.4 is 10.6 Å². The van der Waals surface area contributed by atoms with Gasteiger partial charge in [-0.2, -0.15) is 0 Å². The molecule has 0 aliphatic carbocycles. The molecule has 0 unspecified atom stereocenters. The van der Waals surface area contributed by atoms with E-state index in [4.69, 9.17) is 4.74 Å². The second-order valence-corrected chi connectivity index (χ2v) is 8.81. The van der Waals surface area contributed by atoms with Crippen LogP contribution in [0.25, 0.3) is 0 Å². The van der Waals surface area contributed by atoms with E-state index in [9.17, 15) is 14.4 Å². The van der Waals surface area contributed by atoms with Crippen molar-refractivity contribution in [1.82, 2.24) is 14.8 Å². The number of thioether (sulfide) groups is 1. The molecule has 0 aliphatic heterocycles. The minimum Gasteiger partial charge on any atom is -0.459 e. The molecule has 0 aliphatic rings. The van der Waals surface area contributed by atoms with Gasteiger partial charge in [0.15, 0.2) is 5.16 Å². The largest absolute Gasteiger partial charge is 0.459 e. The van der Waals surface area contributed by atoms with Gasteiger partial charge in [-0.25, -0.2) is 4.79 Å². The summed E-state index contributed by atoms with van der Waals surface area (Å²) in [5.74, 6) is -0.331. The smallest absolute Gasteiger partial charge is 0.338 e. The number of aromatic nitrogens is 3. The summed E-state index contributed by atoms with van der Waals surface area (Å²) in [5.41, 5.74) is 2.58. The first-order valence-electron chi connectivity index (χ1n) is 10.7. The Kier molecular flexibility index (Phi) is 8.42. The molecule has 3 rings (SSSR count). The minimum atomic E-state index is -0.446. The Balaban J connectivity index is 1.53. The number of para-hydroxylation sites is 1. The molecule has 178 valence electrons. The topological polar surface area (TPSA) is 115 Å². The molecule has 34 heavy (non-hydrogen) atoms. The molecular formula is C24H27N5O4S. The summed E-state index contributed by atoms with van der Waals surface area (Å²) in [5, 5.41) is 14.3. The van der Waals surface area contributed by atoms with Gasteiger partial charge < -0.3 is 19.9 Å². The first-order valence-corrected chi connectivity index (χ1v) is 11.7. The van der Waals surface area contributed by atoms with Crippen LogP contribution >= 0.6 is 11.8 Å². The van der Waals surface area contributed by atoms with E-state index in [1.165, 1.54) is 11.8 Å². The number of nitrogens with zero attached hydrogens (tertiary/aromatic N) is 3. The van der Waals surface area contributed by atoms with Crippen LogP contribution in [0.15, 0.2) is 53.7 Å². The SMILES string of the molecule is Cc1ccccc1NC(=O)Cc1nnc(SCC(=O)Nc2cccc(C(=O)OC(C)C)c2)n1C. The van der Waals surface area contributed by atoms with E-state index < -0.39 is 5.97 Å². The summed E-state index contributed by atoms with van der Waals surface area (Å²) < 4.78 is 6.87. The summed E-state index contributed by atoms with van der Waals surface area (Å²) in [6, 6.07) is 14.1. The molecule has 10 heteroatoms. The van der Waals surface area contributed by atoms with Gasteiger partial charge in [-0.15, -0.1) is 10.2 Å². The fraction of sp³-hybridized carbons (Fsp3) is 0.292. The lowest BCUT2D eigenvalue weighted by atomic mass is 10.2. The maximum Gasteiger partial charge on any atom is 0.338 e. The monoisotopic (exact) mass is 481 g/mol. The Morgan fingerprint density at radius 2 is 1.79 bits per heavy atom. The lowest BCUT2D eigenvalue weighted by Crippen LogP contribution is -2.18. The van der Waals surface area contributed by atoms with Crippen molar-refractivity contribution >= 4 is 40.9 Å². The number of aryl methyl sites for hydroxylation is 1. The van der Waals surface area contributed by atoms with Gasteiger partial charge in [0.25, 0.3) is 0 Å². The Morgan fingerprint density at radius 1 is 1.03 bits per heavy atom. The highest BCUT2D eigenvalue weighted by atomic mass is 32.2. The number of rotatable bonds is 9. The van der Waals surface area contributed by atoms with Crippen LogP contribution in [0.1, 0.15) is 35.6 Å². The van der Waals surface area contributed by atoms with Gasteiger partial charge in [0.2, 0.25) is 11.8 Å². The van der Waals surface area contributed by atoms with Gasteiger partial charge in [-0.3, -0.25) is 9.59 Å². The average molecular weight is 482 g/mol. The van der Waals surface area contributed by atoms with Crippen LogP contribution in [-0.2, 0) is 27.8 Å². The third-order valence-electron chi connectivity index (χ3n) is 4.72. The van der Waals surface area contributed by atoms with Gasteiger partial charge in [0.1, 0.15) is 5.82 Å². The van der Waals surface area contributed by atoms with E-state index in [1.807, 2.05) is 31.2 Å². The third kappa shape index (κ3) is 6.92. The summed E-state index contributed by atoms with van der Waals surface area (Å²) >= 11 is 1.20. The van der Waals surface area contributed by atoms with Gasteiger partial charge in [0, 0.05) is 18.4 Å². The Hall–Kier alpha value is -3.66. The molecule has 0 atom stereocenters. The van der Waals surface area contributed by atoms with Crippen molar-refractivity contribution in [2.75, 3.05) is 16.4 Å². The van der Waals surface area contributed by atoms with Crippen molar-refractivity contribution in [1.29, 1.82) is 0 Å². The van der Waals surface area contributed by atoms with Gasteiger partial charge in [-0.05, 0) is 50.6 Å². The molecule has 2 N–H and O–H groups in total. The van der Waals surface area contributed by atoms with Crippen LogP contribution in [0.3, 0.4) is 0 Å². The molecule has 2 amide bonds. The number of nitrogens with one attached hydrogen (secondary N) is 2. The lowest BCUT2D eigenvalue weighted by Gasteiger charge is -2.10. The molecule has 0 saturated carbocycles. The predicted molar refractivity (Wildman–Crippen MR) is 131 cm³/mol. The standard InChI is InChI=1S/C24H27N5O4S/c1-15(2)33-23(32)17-9-7-10-18(12-17)25-22(31)14-34-24-28-27-20(29(24)4)13-21(30)26-19-11-6-5-8-16(19)3/h5-12,15H,13-14H2,1-4H3,(H,25,31)(H,26,30). The zero-order valence-electron chi connectivity index (χ0n) is 19.5. The number of carbonyl (C=O) groups is 3. The molecular weight excluding hydrogens is 454 g/mol. The molecule has 0 spiro atoms. The maximum atomic E-state index is 12.4. The number of amides is 2. The Labute approximate surface area is 202 Å². The van der Waals surface area contributed by atoms with Crippen LogP contribution in [0.4, 0.5) is 11.4 Å². The number of benzene rings is 2. The molecule has 0 saturated heterocycles. The van der Waals surface area contributed by atoms with Crippen LogP contribution in [-0.4, -0.2) is 44.4 Å². The average Bonchev–Trinajstić information content (AvgIpc) is 3.12. The van der Waals surface area contributed by atoms with Crippen molar-refractivity contribution in [3.8, 4) is 0 Å². The van der Waals surface area contributed by atoms with Crippen LogP contribution in [0, 0.1) is 6.92 Å². The first kappa shape index (κ1) is 25.0. The molecule has 0 bridgehead atoms. The van der Waals surface area contributed by atoms with Crippen LogP contribution in [0.5, 0.6) is 0 Å². The van der Waals surface area contributed by atoms with E-state index in [2.05, 4.69) is 20.8 Å². The Morgan fingerprint density at radius 3 is 2.53 bits per heavy atom. The quantitative estimate of drug-likeness (QED) is 0.354. The molecule has 1 heterocycles. The predicted octanol–water partition coefficient (Wildman–Crippen LogP) is 3.60.